The molecular weight excluding hydrogens is 166 g/mol. The molecule has 1 aliphatic rings. The molecule has 4 N–H and O–H groups in total. The van der Waals surface area contributed by atoms with Gasteiger partial charge in [-0.2, -0.15) is 0 Å². The van der Waals surface area contributed by atoms with Gasteiger partial charge in [0.2, 0.25) is 5.91 Å². The van der Waals surface area contributed by atoms with Crippen molar-refractivity contribution in [1.29, 1.82) is 0 Å². The Labute approximate surface area is 79.3 Å². The summed E-state index contributed by atoms with van der Waals surface area (Å²) in [5, 5.41) is 6.06. The summed E-state index contributed by atoms with van der Waals surface area (Å²) in [6.45, 7) is 2.44. The first-order chi connectivity index (χ1) is 6.34. The standard InChI is InChI=1S/C9H19N3O/c10-5-1-2-6-12-9(13)8-4-3-7-11-8/h8,11H,1-7,10H2,(H,12,13)/t8-/m1/s1. The molecule has 4 nitrogen and oxygen atoms in total. The van der Waals surface area contributed by atoms with Gasteiger partial charge >= 0.3 is 0 Å². The molecule has 0 unspecified atom stereocenters. The first-order valence-electron chi connectivity index (χ1n) is 5.06. The van der Waals surface area contributed by atoms with Gasteiger partial charge in [-0.3, -0.25) is 4.79 Å². The molecule has 0 bridgehead atoms. The second-order valence-corrected chi connectivity index (χ2v) is 3.44. The van der Waals surface area contributed by atoms with Crippen LogP contribution in [0.25, 0.3) is 0 Å². The lowest BCUT2D eigenvalue weighted by atomic mass is 10.2. The van der Waals surface area contributed by atoms with Gasteiger partial charge in [0, 0.05) is 6.54 Å². The zero-order valence-corrected chi connectivity index (χ0v) is 8.01. The normalized spacial score (nSPS) is 21.8. The maximum absolute atomic E-state index is 11.4. The van der Waals surface area contributed by atoms with Crippen molar-refractivity contribution in [2.75, 3.05) is 19.6 Å². The Kier molecular flexibility index (Phi) is 4.78. The van der Waals surface area contributed by atoms with Gasteiger partial charge in [-0.25, -0.2) is 0 Å². The Morgan fingerprint density at radius 2 is 2.38 bits per heavy atom. The number of carbonyl (C=O) groups is 1. The summed E-state index contributed by atoms with van der Waals surface area (Å²) in [7, 11) is 0. The Morgan fingerprint density at radius 3 is 3.00 bits per heavy atom. The van der Waals surface area contributed by atoms with Crippen LogP contribution in [0.5, 0.6) is 0 Å². The molecule has 76 valence electrons. The van der Waals surface area contributed by atoms with Crippen molar-refractivity contribution in [3.8, 4) is 0 Å². The largest absolute Gasteiger partial charge is 0.355 e. The van der Waals surface area contributed by atoms with E-state index in [4.69, 9.17) is 5.73 Å². The van der Waals surface area contributed by atoms with Crippen LogP contribution in [0.4, 0.5) is 0 Å². The van der Waals surface area contributed by atoms with E-state index in [1.54, 1.807) is 0 Å². The first kappa shape index (κ1) is 10.5. The minimum Gasteiger partial charge on any atom is -0.355 e. The predicted molar refractivity (Wildman–Crippen MR) is 52.3 cm³/mol. The fraction of sp³-hybridized carbons (Fsp3) is 0.889. The molecule has 0 aromatic carbocycles. The molecule has 0 radical (unpaired) electrons. The van der Waals surface area contributed by atoms with Crippen molar-refractivity contribution in [1.82, 2.24) is 10.6 Å². The number of amides is 1. The van der Waals surface area contributed by atoms with Gasteiger partial charge in [0.15, 0.2) is 0 Å². The van der Waals surface area contributed by atoms with Gasteiger partial charge in [-0.1, -0.05) is 0 Å². The molecular formula is C9H19N3O. The number of rotatable bonds is 5. The van der Waals surface area contributed by atoms with Crippen molar-refractivity contribution in [2.45, 2.75) is 31.7 Å². The van der Waals surface area contributed by atoms with E-state index in [9.17, 15) is 4.79 Å². The molecule has 1 aliphatic heterocycles. The van der Waals surface area contributed by atoms with Crippen molar-refractivity contribution in [3.05, 3.63) is 0 Å². The number of hydrogen-bond donors (Lipinski definition) is 3. The summed E-state index contributed by atoms with van der Waals surface area (Å²) in [5.41, 5.74) is 5.34. The highest BCUT2D eigenvalue weighted by atomic mass is 16.2. The number of nitrogens with two attached hydrogens (primary N) is 1. The van der Waals surface area contributed by atoms with Crippen LogP contribution in [-0.2, 0) is 4.79 Å². The average Bonchev–Trinajstić information content (AvgIpc) is 2.65. The van der Waals surface area contributed by atoms with Gasteiger partial charge in [-0.15, -0.1) is 0 Å². The van der Waals surface area contributed by atoms with E-state index < -0.39 is 0 Å². The predicted octanol–water partition coefficient (Wildman–Crippen LogP) is -0.406. The van der Waals surface area contributed by atoms with Crippen LogP contribution in [0, 0.1) is 0 Å². The molecule has 0 spiro atoms. The molecule has 1 atom stereocenters. The van der Waals surface area contributed by atoms with Gasteiger partial charge < -0.3 is 16.4 Å². The van der Waals surface area contributed by atoms with E-state index in [2.05, 4.69) is 10.6 Å². The van der Waals surface area contributed by atoms with E-state index in [0.717, 1.165) is 38.8 Å². The molecule has 1 saturated heterocycles. The summed E-state index contributed by atoms with van der Waals surface area (Å²) < 4.78 is 0. The Hall–Kier alpha value is -0.610. The van der Waals surface area contributed by atoms with Gasteiger partial charge in [0.1, 0.15) is 0 Å². The van der Waals surface area contributed by atoms with E-state index >= 15 is 0 Å². The van der Waals surface area contributed by atoms with Crippen LogP contribution in [0.2, 0.25) is 0 Å². The monoisotopic (exact) mass is 185 g/mol. The van der Waals surface area contributed by atoms with E-state index in [1.165, 1.54) is 0 Å². The van der Waals surface area contributed by atoms with Crippen LogP contribution >= 0.6 is 0 Å². The van der Waals surface area contributed by atoms with Gasteiger partial charge in [0.05, 0.1) is 6.04 Å². The Balaban J connectivity index is 2.03. The number of carbonyl (C=O) groups excluding carboxylic acids is 1. The lowest BCUT2D eigenvalue weighted by Crippen LogP contribution is -2.40. The lowest BCUT2D eigenvalue weighted by Gasteiger charge is -2.10. The quantitative estimate of drug-likeness (QED) is 0.510. The van der Waals surface area contributed by atoms with E-state index in [-0.39, 0.29) is 11.9 Å². The Morgan fingerprint density at radius 1 is 1.54 bits per heavy atom. The summed E-state index contributed by atoms with van der Waals surface area (Å²) in [4.78, 5) is 11.4. The highest BCUT2D eigenvalue weighted by Gasteiger charge is 2.20. The van der Waals surface area contributed by atoms with Gasteiger partial charge in [-0.05, 0) is 38.8 Å². The molecule has 4 heteroatoms. The maximum atomic E-state index is 11.4. The van der Waals surface area contributed by atoms with Crippen molar-refractivity contribution in [2.24, 2.45) is 5.73 Å². The van der Waals surface area contributed by atoms with Crippen LogP contribution in [0.1, 0.15) is 25.7 Å². The summed E-state index contributed by atoms with van der Waals surface area (Å²) in [6.07, 6.45) is 4.05. The number of hydrogen-bond acceptors (Lipinski definition) is 3. The van der Waals surface area contributed by atoms with Crippen molar-refractivity contribution >= 4 is 5.91 Å². The third-order valence-corrected chi connectivity index (χ3v) is 2.31. The first-order valence-corrected chi connectivity index (χ1v) is 5.06. The molecule has 1 amide bonds. The highest BCUT2D eigenvalue weighted by Crippen LogP contribution is 2.04. The van der Waals surface area contributed by atoms with Crippen LogP contribution in [0.3, 0.4) is 0 Å². The summed E-state index contributed by atoms with van der Waals surface area (Å²) in [6, 6.07) is 0.0536. The molecule has 0 saturated carbocycles. The van der Waals surface area contributed by atoms with Crippen molar-refractivity contribution < 1.29 is 4.79 Å². The number of unbranched alkanes of at least 4 members (excludes halogenated alkanes) is 1. The fourth-order valence-electron chi connectivity index (χ4n) is 1.51. The molecule has 0 aromatic rings. The molecule has 1 rings (SSSR count). The lowest BCUT2D eigenvalue weighted by molar-refractivity contribution is -0.122. The van der Waals surface area contributed by atoms with Crippen molar-refractivity contribution in [3.63, 3.8) is 0 Å². The second-order valence-electron chi connectivity index (χ2n) is 3.44. The Bertz CT molecular complexity index is 155. The molecule has 0 aromatic heterocycles. The zero-order valence-electron chi connectivity index (χ0n) is 8.01. The highest BCUT2D eigenvalue weighted by molar-refractivity contribution is 5.81. The van der Waals surface area contributed by atoms with Crippen LogP contribution in [0.15, 0.2) is 0 Å². The van der Waals surface area contributed by atoms with E-state index in [1.807, 2.05) is 0 Å². The molecule has 13 heavy (non-hydrogen) atoms. The average molecular weight is 185 g/mol. The van der Waals surface area contributed by atoms with Crippen LogP contribution < -0.4 is 16.4 Å². The van der Waals surface area contributed by atoms with Crippen LogP contribution in [-0.4, -0.2) is 31.6 Å². The molecule has 1 fully saturated rings. The minimum atomic E-state index is 0.0536. The fourth-order valence-corrected chi connectivity index (χ4v) is 1.51. The third-order valence-electron chi connectivity index (χ3n) is 2.31. The zero-order chi connectivity index (χ0) is 9.52. The SMILES string of the molecule is NCCCCNC(=O)[C@H]1CCCN1. The van der Waals surface area contributed by atoms with E-state index in [0.29, 0.717) is 6.54 Å². The minimum absolute atomic E-state index is 0.0536. The summed E-state index contributed by atoms with van der Waals surface area (Å²) >= 11 is 0. The second kappa shape index (κ2) is 5.94. The summed E-state index contributed by atoms with van der Waals surface area (Å²) in [5.74, 6) is 0.148. The smallest absolute Gasteiger partial charge is 0.237 e. The third kappa shape index (κ3) is 3.74. The molecule has 1 heterocycles. The number of nitrogens with one attached hydrogen (secondary N) is 2. The van der Waals surface area contributed by atoms with Gasteiger partial charge in [0.25, 0.3) is 0 Å². The maximum Gasteiger partial charge on any atom is 0.237 e. The topological polar surface area (TPSA) is 67.1 Å². The molecule has 0 aliphatic carbocycles.